The highest BCUT2D eigenvalue weighted by Crippen LogP contribution is 2.15. The van der Waals surface area contributed by atoms with Crippen LogP contribution in [0.25, 0.3) is 0 Å². The van der Waals surface area contributed by atoms with Crippen LogP contribution in [0, 0.1) is 5.82 Å². The molecule has 2 aromatic carbocycles. The molecule has 4 nitrogen and oxygen atoms in total. The van der Waals surface area contributed by atoms with Crippen LogP contribution in [-0.2, 0) is 20.4 Å². The quantitative estimate of drug-likeness (QED) is 0.872. The Labute approximate surface area is 141 Å². The monoisotopic (exact) mass is 349 g/mol. The van der Waals surface area contributed by atoms with Crippen molar-refractivity contribution >= 4 is 15.7 Å². The fourth-order valence-electron chi connectivity index (χ4n) is 2.30. The minimum Gasteiger partial charge on any atom is -0.348 e. The van der Waals surface area contributed by atoms with Crippen molar-refractivity contribution in [3.05, 3.63) is 71.5 Å². The van der Waals surface area contributed by atoms with Crippen LogP contribution in [0.2, 0.25) is 0 Å². The number of carbonyl (C=O) groups excluding carboxylic acids is 1. The lowest BCUT2D eigenvalue weighted by Gasteiger charge is -2.18. The molecule has 2 aromatic rings. The molecule has 0 saturated heterocycles. The van der Waals surface area contributed by atoms with E-state index in [0.29, 0.717) is 5.56 Å². The number of nitrogens with one attached hydrogen (secondary N) is 1. The molecule has 0 aliphatic rings. The summed E-state index contributed by atoms with van der Waals surface area (Å²) in [6, 6.07) is 14.4. The number of halogens is 1. The molecule has 0 spiro atoms. The van der Waals surface area contributed by atoms with Gasteiger partial charge in [-0.3, -0.25) is 4.79 Å². The minimum absolute atomic E-state index is 0.300. The average molecular weight is 349 g/mol. The molecule has 0 aliphatic carbocycles. The van der Waals surface area contributed by atoms with E-state index in [9.17, 15) is 17.6 Å². The van der Waals surface area contributed by atoms with Crippen molar-refractivity contribution in [2.75, 3.05) is 0 Å². The molecule has 128 valence electrons. The van der Waals surface area contributed by atoms with Crippen LogP contribution in [0.3, 0.4) is 0 Å². The molecule has 6 heteroatoms. The normalized spacial score (nSPS) is 14.0. The molecule has 1 amide bonds. The number of rotatable bonds is 6. The summed E-state index contributed by atoms with van der Waals surface area (Å²) in [5.41, 5.74) is 1.21. The van der Waals surface area contributed by atoms with Crippen molar-refractivity contribution in [3.63, 3.8) is 0 Å². The van der Waals surface area contributed by atoms with Gasteiger partial charge in [-0.2, -0.15) is 0 Å². The van der Waals surface area contributed by atoms with Crippen LogP contribution >= 0.6 is 0 Å². The first-order valence-electron chi connectivity index (χ1n) is 7.61. The predicted molar refractivity (Wildman–Crippen MR) is 91.5 cm³/mol. The molecular weight excluding hydrogens is 329 g/mol. The van der Waals surface area contributed by atoms with Gasteiger partial charge in [0.25, 0.3) is 0 Å². The van der Waals surface area contributed by atoms with Crippen molar-refractivity contribution in [3.8, 4) is 0 Å². The molecule has 0 heterocycles. The van der Waals surface area contributed by atoms with E-state index in [0.717, 1.165) is 11.6 Å². The molecule has 0 aliphatic heterocycles. The second-order valence-corrected chi connectivity index (χ2v) is 8.04. The first kappa shape index (κ1) is 18.1. The Kier molecular flexibility index (Phi) is 5.72. The lowest BCUT2D eigenvalue weighted by atomic mass is 10.1. The Balaban J connectivity index is 2.06. The zero-order valence-corrected chi connectivity index (χ0v) is 14.4. The number of hydrogen-bond acceptors (Lipinski definition) is 3. The first-order valence-corrected chi connectivity index (χ1v) is 9.32. The largest absolute Gasteiger partial charge is 0.348 e. The summed E-state index contributed by atoms with van der Waals surface area (Å²) in [7, 11) is -3.74. The Morgan fingerprint density at radius 2 is 1.75 bits per heavy atom. The maximum atomic E-state index is 13.2. The zero-order valence-electron chi connectivity index (χ0n) is 13.6. The molecule has 0 radical (unpaired) electrons. The first-order chi connectivity index (χ1) is 11.3. The van der Waals surface area contributed by atoms with Gasteiger partial charge >= 0.3 is 0 Å². The third-order valence-electron chi connectivity index (χ3n) is 3.82. The average Bonchev–Trinajstić information content (AvgIpc) is 2.54. The van der Waals surface area contributed by atoms with Gasteiger partial charge in [-0.15, -0.1) is 0 Å². The van der Waals surface area contributed by atoms with E-state index in [4.69, 9.17) is 0 Å². The predicted octanol–water partition coefficient (Wildman–Crippen LogP) is 3.01. The lowest BCUT2D eigenvalue weighted by molar-refractivity contribution is -0.121. The highest BCUT2D eigenvalue weighted by molar-refractivity contribution is 7.92. The van der Waals surface area contributed by atoms with Gasteiger partial charge in [0.2, 0.25) is 5.91 Å². The van der Waals surface area contributed by atoms with Gasteiger partial charge in [-0.1, -0.05) is 42.5 Å². The lowest BCUT2D eigenvalue weighted by Crippen LogP contribution is -2.39. The van der Waals surface area contributed by atoms with Crippen LogP contribution in [0.15, 0.2) is 54.6 Å². The third kappa shape index (κ3) is 4.64. The smallest absolute Gasteiger partial charge is 0.238 e. The summed E-state index contributed by atoms with van der Waals surface area (Å²) in [6.45, 7) is 3.14. The Bertz CT molecular complexity index is 806. The number of hydrogen-bond donors (Lipinski definition) is 1. The van der Waals surface area contributed by atoms with Crippen LogP contribution < -0.4 is 5.32 Å². The third-order valence-corrected chi connectivity index (χ3v) is 5.85. The summed E-state index contributed by atoms with van der Waals surface area (Å²) in [5.74, 6) is -1.45. The van der Waals surface area contributed by atoms with Gasteiger partial charge in [0.15, 0.2) is 9.84 Å². The molecule has 24 heavy (non-hydrogen) atoms. The van der Waals surface area contributed by atoms with E-state index >= 15 is 0 Å². The highest BCUT2D eigenvalue weighted by Gasteiger charge is 2.29. The van der Waals surface area contributed by atoms with Crippen molar-refractivity contribution in [1.29, 1.82) is 0 Å². The standard InChI is InChI=1S/C18H20FNO3S/c1-13(16-8-4-3-5-9-16)20-18(21)14(2)24(22,23)12-15-7-6-10-17(19)11-15/h3-11,13-14H,12H2,1-2H3,(H,20,21)/t13-,14-/m1/s1. The highest BCUT2D eigenvalue weighted by atomic mass is 32.2. The maximum Gasteiger partial charge on any atom is 0.238 e. The van der Waals surface area contributed by atoms with E-state index < -0.39 is 26.8 Å². The van der Waals surface area contributed by atoms with Crippen LogP contribution in [-0.4, -0.2) is 19.6 Å². The summed E-state index contributed by atoms with van der Waals surface area (Å²) in [5, 5.41) is 1.49. The SMILES string of the molecule is C[C@H](C(=O)N[C@H](C)c1ccccc1)S(=O)(=O)Cc1cccc(F)c1. The molecule has 1 N–H and O–H groups in total. The van der Waals surface area contributed by atoms with E-state index in [2.05, 4.69) is 5.32 Å². The molecule has 0 aromatic heterocycles. The van der Waals surface area contributed by atoms with Crippen molar-refractivity contribution in [2.45, 2.75) is 30.9 Å². The summed E-state index contributed by atoms with van der Waals surface area (Å²) in [4.78, 5) is 12.3. The van der Waals surface area contributed by atoms with Crippen molar-refractivity contribution < 1.29 is 17.6 Å². The second-order valence-electron chi connectivity index (χ2n) is 5.72. The Morgan fingerprint density at radius 3 is 2.38 bits per heavy atom. The fraction of sp³-hybridized carbons (Fsp3) is 0.278. The summed E-state index contributed by atoms with van der Waals surface area (Å²) < 4.78 is 38.0. The van der Waals surface area contributed by atoms with Gasteiger partial charge in [0.05, 0.1) is 11.8 Å². The molecule has 0 bridgehead atoms. The van der Waals surface area contributed by atoms with Crippen molar-refractivity contribution in [2.24, 2.45) is 0 Å². The molecule has 0 unspecified atom stereocenters. The summed E-state index contributed by atoms with van der Waals surface area (Å²) >= 11 is 0. The van der Waals surface area contributed by atoms with Crippen LogP contribution in [0.1, 0.15) is 31.0 Å². The molecule has 0 fully saturated rings. The number of sulfone groups is 1. The van der Waals surface area contributed by atoms with E-state index in [1.54, 1.807) is 6.92 Å². The number of benzene rings is 2. The van der Waals surface area contributed by atoms with Gasteiger partial charge in [0, 0.05) is 0 Å². The van der Waals surface area contributed by atoms with Gasteiger partial charge in [-0.25, -0.2) is 12.8 Å². The number of carbonyl (C=O) groups is 1. The molecule has 0 saturated carbocycles. The Morgan fingerprint density at radius 1 is 1.08 bits per heavy atom. The Hall–Kier alpha value is -2.21. The molecule has 2 atom stereocenters. The van der Waals surface area contributed by atoms with Gasteiger partial charge in [0.1, 0.15) is 11.1 Å². The fourth-order valence-corrected chi connectivity index (χ4v) is 3.59. The topological polar surface area (TPSA) is 63.2 Å². The van der Waals surface area contributed by atoms with Crippen molar-refractivity contribution in [1.82, 2.24) is 5.32 Å². The number of amides is 1. The van der Waals surface area contributed by atoms with Crippen LogP contribution in [0.4, 0.5) is 4.39 Å². The molecule has 2 rings (SSSR count). The molecular formula is C18H20FNO3S. The van der Waals surface area contributed by atoms with E-state index in [-0.39, 0.29) is 11.8 Å². The second kappa shape index (κ2) is 7.57. The van der Waals surface area contributed by atoms with E-state index in [1.165, 1.54) is 25.1 Å². The minimum atomic E-state index is -3.74. The van der Waals surface area contributed by atoms with E-state index in [1.807, 2.05) is 30.3 Å². The van der Waals surface area contributed by atoms with Gasteiger partial charge < -0.3 is 5.32 Å². The zero-order chi connectivity index (χ0) is 17.7. The maximum absolute atomic E-state index is 13.2. The van der Waals surface area contributed by atoms with Gasteiger partial charge in [-0.05, 0) is 37.1 Å². The van der Waals surface area contributed by atoms with Crippen LogP contribution in [0.5, 0.6) is 0 Å². The summed E-state index contributed by atoms with van der Waals surface area (Å²) in [6.07, 6.45) is 0.